The van der Waals surface area contributed by atoms with Gasteiger partial charge in [0.1, 0.15) is 0 Å². The Morgan fingerprint density at radius 1 is 1.00 bits per heavy atom. The number of nitrogens with one attached hydrogen (secondary N) is 1. The number of hydrogen-bond acceptors (Lipinski definition) is 2. The largest absolute Gasteiger partial charge is 0.385 e. The quantitative estimate of drug-likeness (QED) is 0.824. The summed E-state index contributed by atoms with van der Waals surface area (Å²) in [6.07, 6.45) is 1.98. The highest BCUT2D eigenvalue weighted by Crippen LogP contribution is 2.22. The lowest BCUT2D eigenvalue weighted by Crippen LogP contribution is -2.14. The van der Waals surface area contributed by atoms with Crippen molar-refractivity contribution in [2.45, 2.75) is 25.8 Å². The number of anilines is 1. The second kappa shape index (κ2) is 6.95. The first-order valence-corrected chi connectivity index (χ1v) is 6.93. The van der Waals surface area contributed by atoms with Gasteiger partial charge in [-0.3, -0.25) is 0 Å². The lowest BCUT2D eigenvalue weighted by molar-refractivity contribution is 0.722. The van der Waals surface area contributed by atoms with E-state index in [-0.39, 0.29) is 6.04 Å². The van der Waals surface area contributed by atoms with Crippen LogP contribution in [0, 0.1) is 0 Å². The standard InChI is InChI=1S/C17H22N2/c1-2-12-19-17-11-7-6-10-15(17)13-16(18)14-8-4-3-5-9-14/h3-11,16,19H,2,12-13,18H2,1H3. The van der Waals surface area contributed by atoms with Gasteiger partial charge in [-0.2, -0.15) is 0 Å². The molecule has 0 aromatic heterocycles. The van der Waals surface area contributed by atoms with Crippen LogP contribution < -0.4 is 11.1 Å². The maximum atomic E-state index is 6.30. The molecule has 0 amide bonds. The van der Waals surface area contributed by atoms with E-state index in [9.17, 15) is 0 Å². The minimum atomic E-state index is 0.0470. The Morgan fingerprint density at radius 2 is 1.68 bits per heavy atom. The number of para-hydroxylation sites is 1. The molecule has 0 spiro atoms. The highest BCUT2D eigenvalue weighted by Gasteiger charge is 2.09. The number of nitrogens with two attached hydrogens (primary N) is 1. The van der Waals surface area contributed by atoms with E-state index in [1.54, 1.807) is 0 Å². The summed E-state index contributed by atoms with van der Waals surface area (Å²) < 4.78 is 0. The summed E-state index contributed by atoms with van der Waals surface area (Å²) in [6, 6.07) is 18.7. The van der Waals surface area contributed by atoms with Crippen molar-refractivity contribution in [3.8, 4) is 0 Å². The summed E-state index contributed by atoms with van der Waals surface area (Å²) in [6.45, 7) is 3.17. The Bertz CT molecular complexity index is 494. The molecule has 2 aromatic rings. The van der Waals surface area contributed by atoms with Gasteiger partial charge in [-0.1, -0.05) is 55.5 Å². The second-order valence-corrected chi connectivity index (χ2v) is 4.81. The first-order chi connectivity index (χ1) is 9.31. The van der Waals surface area contributed by atoms with Gasteiger partial charge in [0, 0.05) is 18.3 Å². The molecule has 0 aliphatic rings. The average Bonchev–Trinajstić information content (AvgIpc) is 2.47. The summed E-state index contributed by atoms with van der Waals surface area (Å²) in [7, 11) is 0. The molecule has 1 unspecified atom stereocenters. The first-order valence-electron chi connectivity index (χ1n) is 6.93. The molecule has 2 heteroatoms. The molecule has 19 heavy (non-hydrogen) atoms. The van der Waals surface area contributed by atoms with Gasteiger partial charge >= 0.3 is 0 Å². The van der Waals surface area contributed by atoms with Crippen molar-refractivity contribution in [2.75, 3.05) is 11.9 Å². The molecule has 0 radical (unpaired) electrons. The highest BCUT2D eigenvalue weighted by atomic mass is 14.9. The van der Waals surface area contributed by atoms with Crippen molar-refractivity contribution < 1.29 is 0 Å². The smallest absolute Gasteiger partial charge is 0.0373 e. The van der Waals surface area contributed by atoms with Crippen LogP contribution in [0.3, 0.4) is 0 Å². The molecule has 0 bridgehead atoms. The third-order valence-corrected chi connectivity index (χ3v) is 3.25. The van der Waals surface area contributed by atoms with Crippen LogP contribution in [0.2, 0.25) is 0 Å². The SMILES string of the molecule is CCCNc1ccccc1CC(N)c1ccccc1. The Morgan fingerprint density at radius 3 is 2.42 bits per heavy atom. The minimum absolute atomic E-state index is 0.0470. The topological polar surface area (TPSA) is 38.0 Å². The monoisotopic (exact) mass is 254 g/mol. The third kappa shape index (κ3) is 3.83. The molecule has 2 aromatic carbocycles. The van der Waals surface area contributed by atoms with E-state index < -0.39 is 0 Å². The van der Waals surface area contributed by atoms with Crippen LogP contribution >= 0.6 is 0 Å². The Labute approximate surface area is 115 Å². The van der Waals surface area contributed by atoms with Crippen LogP contribution in [0.1, 0.15) is 30.5 Å². The Balaban J connectivity index is 2.10. The lowest BCUT2D eigenvalue weighted by atomic mass is 9.98. The van der Waals surface area contributed by atoms with E-state index in [4.69, 9.17) is 5.73 Å². The maximum absolute atomic E-state index is 6.30. The fourth-order valence-electron chi connectivity index (χ4n) is 2.19. The van der Waals surface area contributed by atoms with Crippen molar-refractivity contribution in [2.24, 2.45) is 5.73 Å². The van der Waals surface area contributed by atoms with E-state index in [1.807, 2.05) is 18.2 Å². The molecule has 1 atom stereocenters. The van der Waals surface area contributed by atoms with Crippen molar-refractivity contribution in [3.05, 3.63) is 65.7 Å². The molecule has 3 N–H and O–H groups in total. The zero-order chi connectivity index (χ0) is 13.5. The van der Waals surface area contributed by atoms with Crippen molar-refractivity contribution in [3.63, 3.8) is 0 Å². The van der Waals surface area contributed by atoms with E-state index in [1.165, 1.54) is 16.8 Å². The highest BCUT2D eigenvalue weighted by molar-refractivity contribution is 5.51. The van der Waals surface area contributed by atoms with Crippen LogP contribution in [0.4, 0.5) is 5.69 Å². The third-order valence-electron chi connectivity index (χ3n) is 3.25. The zero-order valence-electron chi connectivity index (χ0n) is 11.5. The molecular weight excluding hydrogens is 232 g/mol. The van der Waals surface area contributed by atoms with E-state index >= 15 is 0 Å². The van der Waals surface area contributed by atoms with Crippen LogP contribution in [-0.4, -0.2) is 6.54 Å². The maximum Gasteiger partial charge on any atom is 0.0373 e. The van der Waals surface area contributed by atoms with Crippen LogP contribution in [0.15, 0.2) is 54.6 Å². The summed E-state index contributed by atoms with van der Waals surface area (Å²) >= 11 is 0. The summed E-state index contributed by atoms with van der Waals surface area (Å²) in [5, 5.41) is 3.46. The minimum Gasteiger partial charge on any atom is -0.385 e. The summed E-state index contributed by atoms with van der Waals surface area (Å²) in [5.41, 5.74) is 9.97. The summed E-state index contributed by atoms with van der Waals surface area (Å²) in [5.74, 6) is 0. The summed E-state index contributed by atoms with van der Waals surface area (Å²) in [4.78, 5) is 0. The van der Waals surface area contributed by atoms with Gasteiger partial charge in [0.2, 0.25) is 0 Å². The molecule has 0 aliphatic heterocycles. The average molecular weight is 254 g/mol. The van der Waals surface area contributed by atoms with Gasteiger partial charge in [-0.25, -0.2) is 0 Å². The van der Waals surface area contributed by atoms with Gasteiger partial charge < -0.3 is 11.1 Å². The predicted molar refractivity (Wildman–Crippen MR) is 82.3 cm³/mol. The molecule has 100 valence electrons. The number of hydrogen-bond donors (Lipinski definition) is 2. The van der Waals surface area contributed by atoms with Gasteiger partial charge in [-0.05, 0) is 30.0 Å². The molecule has 0 heterocycles. The molecular formula is C17H22N2. The van der Waals surface area contributed by atoms with Crippen molar-refractivity contribution >= 4 is 5.69 Å². The molecule has 0 saturated carbocycles. The van der Waals surface area contributed by atoms with Gasteiger partial charge in [0.15, 0.2) is 0 Å². The fraction of sp³-hybridized carbons (Fsp3) is 0.294. The van der Waals surface area contributed by atoms with Gasteiger partial charge in [-0.15, -0.1) is 0 Å². The molecule has 0 fully saturated rings. The Hall–Kier alpha value is -1.80. The van der Waals surface area contributed by atoms with Crippen molar-refractivity contribution in [1.82, 2.24) is 0 Å². The number of benzene rings is 2. The predicted octanol–water partition coefficient (Wildman–Crippen LogP) is 3.75. The second-order valence-electron chi connectivity index (χ2n) is 4.81. The van der Waals surface area contributed by atoms with Gasteiger partial charge in [0.25, 0.3) is 0 Å². The van der Waals surface area contributed by atoms with E-state index in [0.717, 1.165) is 19.4 Å². The van der Waals surface area contributed by atoms with Gasteiger partial charge in [0.05, 0.1) is 0 Å². The van der Waals surface area contributed by atoms with E-state index in [2.05, 4.69) is 48.6 Å². The zero-order valence-corrected chi connectivity index (χ0v) is 11.5. The Kier molecular flexibility index (Phi) is 4.99. The van der Waals surface area contributed by atoms with Crippen LogP contribution in [-0.2, 0) is 6.42 Å². The van der Waals surface area contributed by atoms with E-state index in [0.29, 0.717) is 0 Å². The number of rotatable bonds is 6. The fourth-order valence-corrected chi connectivity index (χ4v) is 2.19. The molecule has 0 aliphatic carbocycles. The van der Waals surface area contributed by atoms with Crippen LogP contribution in [0.25, 0.3) is 0 Å². The normalized spacial score (nSPS) is 12.1. The molecule has 2 rings (SSSR count). The first kappa shape index (κ1) is 13.6. The molecule has 0 saturated heterocycles. The van der Waals surface area contributed by atoms with Crippen LogP contribution in [0.5, 0.6) is 0 Å². The molecule has 2 nitrogen and oxygen atoms in total. The lowest BCUT2D eigenvalue weighted by Gasteiger charge is -2.16. The van der Waals surface area contributed by atoms with Crippen molar-refractivity contribution in [1.29, 1.82) is 0 Å².